The number of hydrogen-bond donors (Lipinski definition) is 3. The van der Waals surface area contributed by atoms with Crippen molar-refractivity contribution in [3.63, 3.8) is 0 Å². The fraction of sp³-hybridized carbons (Fsp3) is 0.125. The molecule has 0 aliphatic heterocycles. The van der Waals surface area contributed by atoms with E-state index in [1.165, 1.54) is 30.7 Å². The Morgan fingerprint density at radius 3 is 2.42 bits per heavy atom. The van der Waals surface area contributed by atoms with Gasteiger partial charge in [0.15, 0.2) is 0 Å². The zero-order valence-corrected chi connectivity index (χ0v) is 12.8. The second-order valence-corrected chi connectivity index (χ2v) is 4.87. The Labute approximate surface area is 136 Å². The van der Waals surface area contributed by atoms with Gasteiger partial charge < -0.3 is 16.8 Å². The second-order valence-electron chi connectivity index (χ2n) is 4.87. The summed E-state index contributed by atoms with van der Waals surface area (Å²) in [6, 6.07) is 6.30. The maximum atomic E-state index is 12.6. The van der Waals surface area contributed by atoms with Crippen LogP contribution in [0, 0.1) is 0 Å². The largest absolute Gasteiger partial charge is 0.416 e. The third-order valence-electron chi connectivity index (χ3n) is 3.18. The predicted octanol–water partition coefficient (Wildman–Crippen LogP) is 3.26. The molecule has 0 aliphatic rings. The monoisotopic (exact) mass is 335 g/mol. The number of allylic oxidation sites excluding steroid dienone is 1. The van der Waals surface area contributed by atoms with Crippen molar-refractivity contribution in [2.45, 2.75) is 6.18 Å². The van der Waals surface area contributed by atoms with Crippen LogP contribution in [-0.2, 0) is 6.18 Å². The molecule has 5 N–H and O–H groups in total. The van der Waals surface area contributed by atoms with Crippen LogP contribution in [0.5, 0.6) is 0 Å². The lowest BCUT2D eigenvalue weighted by Gasteiger charge is -2.11. The fourth-order valence-electron chi connectivity index (χ4n) is 2.02. The molecule has 0 saturated carbocycles. The summed E-state index contributed by atoms with van der Waals surface area (Å²) >= 11 is 0. The number of nitrogen functional groups attached to an aromatic ring is 1. The number of aliphatic imine (C=N–C) groups is 1. The normalized spacial score (nSPS) is 12.6. The third kappa shape index (κ3) is 4.03. The summed E-state index contributed by atoms with van der Waals surface area (Å²) in [5, 5.41) is 2.93. The lowest BCUT2D eigenvalue weighted by Crippen LogP contribution is -2.06. The van der Waals surface area contributed by atoms with Gasteiger partial charge in [-0.1, -0.05) is 12.1 Å². The first-order chi connectivity index (χ1) is 11.3. The lowest BCUT2D eigenvalue weighted by atomic mass is 10.0. The van der Waals surface area contributed by atoms with Gasteiger partial charge in [-0.15, -0.1) is 0 Å². The highest BCUT2D eigenvalue weighted by Crippen LogP contribution is 2.32. The van der Waals surface area contributed by atoms with Gasteiger partial charge in [-0.25, -0.2) is 4.98 Å². The van der Waals surface area contributed by atoms with Crippen LogP contribution in [0.25, 0.3) is 11.1 Å². The first-order valence-corrected chi connectivity index (χ1v) is 6.89. The molecule has 0 radical (unpaired) electrons. The topological polar surface area (TPSA) is 89.3 Å². The van der Waals surface area contributed by atoms with Crippen molar-refractivity contribution < 1.29 is 13.2 Å². The Balaban J connectivity index is 2.27. The van der Waals surface area contributed by atoms with Crippen molar-refractivity contribution in [1.29, 1.82) is 0 Å². The molecule has 1 aromatic heterocycles. The summed E-state index contributed by atoms with van der Waals surface area (Å²) in [7, 11) is 1.60. The zero-order valence-electron chi connectivity index (χ0n) is 12.8. The average molecular weight is 335 g/mol. The second kappa shape index (κ2) is 7.03. The van der Waals surface area contributed by atoms with Crippen LogP contribution in [0.3, 0.4) is 0 Å². The van der Waals surface area contributed by atoms with Gasteiger partial charge in [0.05, 0.1) is 11.3 Å². The van der Waals surface area contributed by atoms with Crippen LogP contribution in [-0.4, -0.2) is 18.2 Å². The molecule has 2 aromatic rings. The van der Waals surface area contributed by atoms with E-state index in [2.05, 4.69) is 15.3 Å². The highest BCUT2D eigenvalue weighted by atomic mass is 19.4. The summed E-state index contributed by atoms with van der Waals surface area (Å²) < 4.78 is 37.8. The van der Waals surface area contributed by atoms with Gasteiger partial charge in [0.2, 0.25) is 0 Å². The zero-order chi connectivity index (χ0) is 17.7. The molecular weight excluding hydrogens is 319 g/mol. The number of alkyl halides is 3. The molecule has 0 spiro atoms. The molecule has 0 saturated heterocycles. The smallest absolute Gasteiger partial charge is 0.403 e. The summed E-state index contributed by atoms with van der Waals surface area (Å²) in [4.78, 5) is 8.02. The first-order valence-electron chi connectivity index (χ1n) is 6.89. The van der Waals surface area contributed by atoms with Crippen molar-refractivity contribution in [3.05, 3.63) is 54.0 Å². The Morgan fingerprint density at radius 1 is 1.25 bits per heavy atom. The Hall–Kier alpha value is -3.03. The van der Waals surface area contributed by atoms with Crippen molar-refractivity contribution in [3.8, 4) is 11.1 Å². The van der Waals surface area contributed by atoms with E-state index in [0.717, 1.165) is 12.1 Å². The molecule has 0 bridgehead atoms. The van der Waals surface area contributed by atoms with Gasteiger partial charge in [0, 0.05) is 43.0 Å². The molecule has 24 heavy (non-hydrogen) atoms. The average Bonchev–Trinajstić information content (AvgIpc) is 2.54. The minimum absolute atomic E-state index is 0.372. The molecule has 2 rings (SSSR count). The van der Waals surface area contributed by atoms with Gasteiger partial charge in [-0.3, -0.25) is 4.99 Å². The lowest BCUT2D eigenvalue weighted by molar-refractivity contribution is -0.137. The number of nitrogens with one attached hydrogen (secondary N) is 1. The van der Waals surface area contributed by atoms with E-state index in [0.29, 0.717) is 28.3 Å². The number of hydrogen-bond acceptors (Lipinski definition) is 5. The number of nitrogens with two attached hydrogens (primary N) is 2. The van der Waals surface area contributed by atoms with Crippen LogP contribution < -0.4 is 16.8 Å². The number of anilines is 2. The van der Waals surface area contributed by atoms with Crippen molar-refractivity contribution in [2.75, 3.05) is 18.1 Å². The third-order valence-corrected chi connectivity index (χ3v) is 3.18. The Bertz CT molecular complexity index is 764. The number of benzene rings is 1. The molecular formula is C16H16F3N5. The standard InChI is InChI=1S/C16H16F3N5/c1-22-8-12(7-20)24-15-6-14(21)13(9-23-15)10-2-4-11(5-3-10)16(17,18)19/h2-9H,20H2,1H3,(H3,21,23,24)/b12-7+,22-8?. The molecule has 0 amide bonds. The van der Waals surface area contributed by atoms with Crippen LogP contribution in [0.1, 0.15) is 5.56 Å². The minimum atomic E-state index is -4.37. The van der Waals surface area contributed by atoms with Crippen LogP contribution >= 0.6 is 0 Å². The van der Waals surface area contributed by atoms with Crippen molar-refractivity contribution >= 4 is 17.7 Å². The molecule has 126 valence electrons. The summed E-state index contributed by atoms with van der Waals surface area (Å²) in [5.41, 5.74) is 12.7. The van der Waals surface area contributed by atoms with Gasteiger partial charge in [-0.2, -0.15) is 13.2 Å². The predicted molar refractivity (Wildman–Crippen MR) is 89.4 cm³/mol. The van der Waals surface area contributed by atoms with Gasteiger partial charge in [0.1, 0.15) is 5.82 Å². The van der Waals surface area contributed by atoms with E-state index >= 15 is 0 Å². The van der Waals surface area contributed by atoms with Crippen LogP contribution in [0.4, 0.5) is 24.7 Å². The summed E-state index contributed by atoms with van der Waals surface area (Å²) in [6.07, 6.45) is -0.0460. The molecule has 1 aromatic carbocycles. The van der Waals surface area contributed by atoms with E-state index in [9.17, 15) is 13.2 Å². The van der Waals surface area contributed by atoms with E-state index in [1.54, 1.807) is 13.1 Å². The van der Waals surface area contributed by atoms with Crippen LogP contribution in [0.15, 0.2) is 53.4 Å². The number of aromatic nitrogens is 1. The molecule has 1 heterocycles. The number of nitrogens with zero attached hydrogens (tertiary/aromatic N) is 2. The Kier molecular flexibility index (Phi) is 5.08. The summed E-state index contributed by atoms with van der Waals surface area (Å²) in [6.45, 7) is 0. The fourth-order valence-corrected chi connectivity index (χ4v) is 2.02. The van der Waals surface area contributed by atoms with Crippen LogP contribution in [0.2, 0.25) is 0 Å². The van der Waals surface area contributed by atoms with Gasteiger partial charge >= 0.3 is 6.18 Å². The van der Waals surface area contributed by atoms with E-state index < -0.39 is 11.7 Å². The molecule has 8 heteroatoms. The van der Waals surface area contributed by atoms with Crippen molar-refractivity contribution in [1.82, 2.24) is 4.98 Å². The first kappa shape index (κ1) is 17.3. The SMILES string of the molecule is CN=C/C(=C\N)Nc1cc(N)c(-c2ccc(C(F)(F)F)cc2)cn1. The molecule has 5 nitrogen and oxygen atoms in total. The Morgan fingerprint density at radius 2 is 1.92 bits per heavy atom. The maximum absolute atomic E-state index is 12.6. The highest BCUT2D eigenvalue weighted by Gasteiger charge is 2.30. The number of pyridine rings is 1. The maximum Gasteiger partial charge on any atom is 0.416 e. The van der Waals surface area contributed by atoms with Crippen molar-refractivity contribution in [2.24, 2.45) is 10.7 Å². The minimum Gasteiger partial charge on any atom is -0.403 e. The summed E-state index contributed by atoms with van der Waals surface area (Å²) in [5.74, 6) is 0.444. The van der Waals surface area contributed by atoms with E-state index in [-0.39, 0.29) is 0 Å². The van der Waals surface area contributed by atoms with Gasteiger partial charge in [0.25, 0.3) is 0 Å². The van der Waals surface area contributed by atoms with Gasteiger partial charge in [-0.05, 0) is 17.7 Å². The number of rotatable bonds is 4. The highest BCUT2D eigenvalue weighted by molar-refractivity contribution is 5.84. The quantitative estimate of drug-likeness (QED) is 0.748. The van der Waals surface area contributed by atoms with E-state index in [4.69, 9.17) is 11.5 Å². The molecule has 0 fully saturated rings. The number of halogens is 3. The molecule has 0 aliphatic carbocycles. The molecule has 0 atom stereocenters. The van der Waals surface area contributed by atoms with E-state index in [1.807, 2.05) is 0 Å². The molecule has 0 unspecified atom stereocenters.